The van der Waals surface area contributed by atoms with Gasteiger partial charge >= 0.3 is 5.97 Å². The minimum absolute atomic E-state index is 0.0135. The largest absolute Gasteiger partial charge is 0.481 e. The molecule has 0 saturated carbocycles. The molecule has 1 aromatic carbocycles. The molecule has 0 radical (unpaired) electrons. The van der Waals surface area contributed by atoms with Gasteiger partial charge in [0.05, 0.1) is 12.1 Å². The van der Waals surface area contributed by atoms with Crippen LogP contribution in [0.4, 0.5) is 0 Å². The highest BCUT2D eigenvalue weighted by atomic mass is 32.1. The van der Waals surface area contributed by atoms with Crippen molar-refractivity contribution < 1.29 is 19.4 Å². The number of aliphatic carboxylic acids is 1. The van der Waals surface area contributed by atoms with Gasteiger partial charge < -0.3 is 14.7 Å². The quantitative estimate of drug-likeness (QED) is 0.913. The molecular weight excluding hydrogens is 340 g/mol. The smallest absolute Gasteiger partial charge is 0.312 e. The second kappa shape index (κ2) is 6.57. The Morgan fingerprint density at radius 1 is 1.32 bits per heavy atom. The minimum Gasteiger partial charge on any atom is -0.481 e. The summed E-state index contributed by atoms with van der Waals surface area (Å²) in [5.74, 6) is -1.77. The lowest BCUT2D eigenvalue weighted by atomic mass is 9.90. The Bertz CT molecular complexity index is 813. The predicted molar refractivity (Wildman–Crippen MR) is 91.6 cm³/mol. The van der Waals surface area contributed by atoms with Crippen LogP contribution in [-0.4, -0.2) is 40.0 Å². The topological polar surface area (TPSA) is 79.7 Å². The van der Waals surface area contributed by atoms with Crippen LogP contribution >= 0.6 is 11.3 Å². The van der Waals surface area contributed by atoms with Gasteiger partial charge in [0.2, 0.25) is 0 Å². The SMILES string of the molecule is O=C(O)C1CN(C(=O)c2cnc(C3CCCO3)s2)Cc2ccccc21. The number of nitrogens with zero attached hydrogens (tertiary/aromatic N) is 2. The van der Waals surface area contributed by atoms with Crippen molar-refractivity contribution in [1.82, 2.24) is 9.88 Å². The first-order valence-electron chi connectivity index (χ1n) is 8.30. The molecule has 1 fully saturated rings. The van der Waals surface area contributed by atoms with Crippen LogP contribution in [0.2, 0.25) is 0 Å². The first-order chi connectivity index (χ1) is 12.1. The van der Waals surface area contributed by atoms with E-state index in [0.717, 1.165) is 35.6 Å². The number of carbonyl (C=O) groups is 2. The van der Waals surface area contributed by atoms with Gasteiger partial charge in [0.15, 0.2) is 0 Å². The zero-order chi connectivity index (χ0) is 17.4. The van der Waals surface area contributed by atoms with E-state index in [9.17, 15) is 14.7 Å². The number of thiazole rings is 1. The third-order valence-corrected chi connectivity index (χ3v) is 5.80. The van der Waals surface area contributed by atoms with E-state index in [0.29, 0.717) is 11.4 Å². The number of carboxylic acid groups (broad SMARTS) is 1. The lowest BCUT2D eigenvalue weighted by Crippen LogP contribution is -2.40. The van der Waals surface area contributed by atoms with Crippen LogP contribution < -0.4 is 0 Å². The van der Waals surface area contributed by atoms with Crippen LogP contribution in [0, 0.1) is 0 Å². The number of rotatable bonds is 3. The Kier molecular flexibility index (Phi) is 4.27. The highest BCUT2D eigenvalue weighted by molar-refractivity contribution is 7.13. The number of amides is 1. The van der Waals surface area contributed by atoms with Crippen molar-refractivity contribution in [3.05, 3.63) is 51.5 Å². The summed E-state index contributed by atoms with van der Waals surface area (Å²) >= 11 is 1.35. The monoisotopic (exact) mass is 358 g/mol. The molecule has 1 saturated heterocycles. The zero-order valence-electron chi connectivity index (χ0n) is 13.6. The average molecular weight is 358 g/mol. The molecule has 130 valence electrons. The van der Waals surface area contributed by atoms with E-state index >= 15 is 0 Å². The molecule has 2 aliphatic heterocycles. The minimum atomic E-state index is -0.908. The second-order valence-corrected chi connectivity index (χ2v) is 7.40. The molecule has 0 aliphatic carbocycles. The lowest BCUT2D eigenvalue weighted by molar-refractivity contribution is -0.139. The van der Waals surface area contributed by atoms with Crippen molar-refractivity contribution in [1.29, 1.82) is 0 Å². The summed E-state index contributed by atoms with van der Waals surface area (Å²) in [5, 5.41) is 10.4. The fourth-order valence-corrected chi connectivity index (χ4v) is 4.41. The molecule has 1 N–H and O–H groups in total. The maximum Gasteiger partial charge on any atom is 0.312 e. The predicted octanol–water partition coefficient (Wildman–Crippen LogP) is 2.82. The number of hydrogen-bond donors (Lipinski definition) is 1. The standard InChI is InChI=1S/C18H18N2O4S/c21-17(15-8-19-16(25-15)14-6-3-7-24-14)20-9-11-4-1-2-5-12(11)13(10-20)18(22)23/h1-2,4-5,8,13-14H,3,6-7,9-10H2,(H,22,23). The third kappa shape index (κ3) is 3.05. The number of carbonyl (C=O) groups excluding carboxylic acids is 1. The van der Waals surface area contributed by atoms with Gasteiger partial charge in [-0.15, -0.1) is 11.3 Å². The van der Waals surface area contributed by atoms with E-state index in [-0.39, 0.29) is 18.6 Å². The maximum absolute atomic E-state index is 12.9. The van der Waals surface area contributed by atoms with Crippen molar-refractivity contribution in [2.24, 2.45) is 0 Å². The van der Waals surface area contributed by atoms with Crippen molar-refractivity contribution in [3.8, 4) is 0 Å². The van der Waals surface area contributed by atoms with E-state index in [2.05, 4.69) is 4.98 Å². The molecule has 1 amide bonds. The molecule has 4 rings (SSSR count). The van der Waals surface area contributed by atoms with Gasteiger partial charge in [-0.1, -0.05) is 24.3 Å². The lowest BCUT2D eigenvalue weighted by Gasteiger charge is -2.32. The van der Waals surface area contributed by atoms with Crippen molar-refractivity contribution in [2.75, 3.05) is 13.2 Å². The summed E-state index contributed by atoms with van der Waals surface area (Å²) in [6.45, 7) is 1.33. The molecule has 2 aromatic rings. The number of hydrogen-bond acceptors (Lipinski definition) is 5. The summed E-state index contributed by atoms with van der Waals surface area (Å²) in [6.07, 6.45) is 3.51. The van der Waals surface area contributed by atoms with Crippen LogP contribution in [0.15, 0.2) is 30.5 Å². The van der Waals surface area contributed by atoms with Crippen LogP contribution in [-0.2, 0) is 16.1 Å². The first kappa shape index (κ1) is 16.2. The Morgan fingerprint density at radius 3 is 2.92 bits per heavy atom. The summed E-state index contributed by atoms with van der Waals surface area (Å²) in [5.41, 5.74) is 1.68. The van der Waals surface area contributed by atoms with Crippen molar-refractivity contribution in [2.45, 2.75) is 31.4 Å². The molecule has 1 aromatic heterocycles. The van der Waals surface area contributed by atoms with Crippen LogP contribution in [0.5, 0.6) is 0 Å². The average Bonchev–Trinajstić information content (AvgIpc) is 3.31. The number of fused-ring (bicyclic) bond motifs is 1. The van der Waals surface area contributed by atoms with E-state index < -0.39 is 11.9 Å². The molecule has 25 heavy (non-hydrogen) atoms. The number of carboxylic acids is 1. The third-order valence-electron chi connectivity index (χ3n) is 4.72. The molecular formula is C18H18N2O4S. The molecule has 2 atom stereocenters. The van der Waals surface area contributed by atoms with Crippen LogP contribution in [0.3, 0.4) is 0 Å². The van der Waals surface area contributed by atoms with E-state index in [1.807, 2.05) is 24.3 Å². The molecule has 2 unspecified atom stereocenters. The van der Waals surface area contributed by atoms with Gasteiger partial charge in [0.1, 0.15) is 16.0 Å². The summed E-state index contributed by atoms with van der Waals surface area (Å²) in [7, 11) is 0. The Hall–Kier alpha value is -2.25. The maximum atomic E-state index is 12.9. The van der Waals surface area contributed by atoms with E-state index in [1.54, 1.807) is 11.1 Å². The van der Waals surface area contributed by atoms with Gasteiger partial charge in [-0.05, 0) is 24.0 Å². The Balaban J connectivity index is 1.57. The molecule has 6 nitrogen and oxygen atoms in total. The molecule has 2 aliphatic rings. The van der Waals surface area contributed by atoms with E-state index in [1.165, 1.54) is 11.3 Å². The second-order valence-electron chi connectivity index (χ2n) is 6.34. The number of benzene rings is 1. The molecule has 3 heterocycles. The fraction of sp³-hybridized carbons (Fsp3) is 0.389. The highest BCUT2D eigenvalue weighted by Gasteiger charge is 2.33. The van der Waals surface area contributed by atoms with Gasteiger partial charge in [-0.3, -0.25) is 9.59 Å². The van der Waals surface area contributed by atoms with Gasteiger partial charge in [0.25, 0.3) is 5.91 Å². The molecule has 0 spiro atoms. The van der Waals surface area contributed by atoms with Crippen molar-refractivity contribution >= 4 is 23.2 Å². The summed E-state index contributed by atoms with van der Waals surface area (Å²) in [4.78, 5) is 31.0. The molecule has 0 bridgehead atoms. The number of aromatic nitrogens is 1. The Labute approximate surface area is 149 Å². The number of ether oxygens (including phenoxy) is 1. The normalized spacial score (nSPS) is 22.6. The molecule has 7 heteroatoms. The Morgan fingerprint density at radius 2 is 2.16 bits per heavy atom. The van der Waals surface area contributed by atoms with E-state index in [4.69, 9.17) is 4.74 Å². The zero-order valence-corrected chi connectivity index (χ0v) is 14.4. The highest BCUT2D eigenvalue weighted by Crippen LogP contribution is 2.33. The van der Waals surface area contributed by atoms with Crippen LogP contribution in [0.25, 0.3) is 0 Å². The fourth-order valence-electron chi connectivity index (χ4n) is 3.44. The summed E-state index contributed by atoms with van der Waals surface area (Å²) < 4.78 is 5.62. The first-order valence-corrected chi connectivity index (χ1v) is 9.12. The summed E-state index contributed by atoms with van der Waals surface area (Å²) in [6, 6.07) is 7.42. The van der Waals surface area contributed by atoms with Crippen LogP contribution in [0.1, 0.15) is 50.7 Å². The van der Waals surface area contributed by atoms with Gasteiger partial charge in [-0.2, -0.15) is 0 Å². The van der Waals surface area contributed by atoms with Gasteiger partial charge in [-0.25, -0.2) is 4.98 Å². The van der Waals surface area contributed by atoms with Crippen molar-refractivity contribution in [3.63, 3.8) is 0 Å². The van der Waals surface area contributed by atoms with Gasteiger partial charge in [0, 0.05) is 19.7 Å².